The van der Waals surface area contributed by atoms with Gasteiger partial charge < -0.3 is 4.55 Å². The van der Waals surface area contributed by atoms with Gasteiger partial charge in [-0.15, -0.1) is 11.6 Å². The second kappa shape index (κ2) is 8.38. The summed E-state index contributed by atoms with van der Waals surface area (Å²) in [4.78, 5) is 0. The van der Waals surface area contributed by atoms with Crippen LogP contribution in [-0.4, -0.2) is 40.1 Å². The first kappa shape index (κ1) is 16.3. The van der Waals surface area contributed by atoms with Crippen LogP contribution >= 0.6 is 11.6 Å². The van der Waals surface area contributed by atoms with E-state index in [9.17, 15) is 21.6 Å². The number of hydrogen-bond donors (Lipinski definition) is 0. The fourth-order valence-corrected chi connectivity index (χ4v) is 3.28. The van der Waals surface area contributed by atoms with Gasteiger partial charge in [0.1, 0.15) is 4.71 Å². The van der Waals surface area contributed by atoms with E-state index in [1.54, 1.807) is 0 Å². The van der Waals surface area contributed by atoms with Gasteiger partial charge in [-0.05, 0) is 25.7 Å². The second-order valence-corrected chi connectivity index (χ2v) is 7.43. The van der Waals surface area contributed by atoms with E-state index < -0.39 is 32.3 Å². The Labute approximate surface area is 103 Å². The van der Waals surface area contributed by atoms with Gasteiger partial charge in [0.2, 0.25) is 0 Å². The van der Waals surface area contributed by atoms with E-state index in [2.05, 4.69) is 0 Å². The lowest BCUT2D eigenvalue weighted by atomic mass is 10.4. The lowest BCUT2D eigenvalue weighted by molar-refractivity contribution is 0.468. The SMILES string of the molecule is O=S([O-])CCCC(Cl)S(=O)(=O)CCCCF. The van der Waals surface area contributed by atoms with E-state index in [1.807, 2.05) is 0 Å². The molecule has 8 heteroatoms. The normalized spacial score (nSPS) is 15.9. The molecule has 0 aromatic heterocycles. The maximum absolute atomic E-state index is 11.8. The summed E-state index contributed by atoms with van der Waals surface area (Å²) in [5, 5.41) is 0. The van der Waals surface area contributed by atoms with Crippen LogP contribution in [0.2, 0.25) is 0 Å². The molecule has 0 heterocycles. The molecule has 0 rings (SSSR count). The van der Waals surface area contributed by atoms with Gasteiger partial charge in [-0.25, -0.2) is 8.42 Å². The molecule has 0 radical (unpaired) electrons. The van der Waals surface area contributed by atoms with Crippen LogP contribution in [0.25, 0.3) is 0 Å². The van der Waals surface area contributed by atoms with Gasteiger partial charge in [0, 0.05) is 5.75 Å². The number of hydrogen-bond acceptors (Lipinski definition) is 4. The molecule has 0 amide bonds. The summed E-state index contributed by atoms with van der Waals surface area (Å²) in [7, 11) is -3.43. The Kier molecular flexibility index (Phi) is 8.53. The first-order valence-electron chi connectivity index (χ1n) is 4.87. The molecule has 0 saturated heterocycles. The van der Waals surface area contributed by atoms with Gasteiger partial charge in [0.05, 0.1) is 12.4 Å². The summed E-state index contributed by atoms with van der Waals surface area (Å²) < 4.78 is 54.1. The van der Waals surface area contributed by atoms with Crippen LogP contribution < -0.4 is 0 Å². The van der Waals surface area contributed by atoms with Crippen molar-refractivity contribution in [1.29, 1.82) is 0 Å². The minimum atomic E-state index is -3.43. The lowest BCUT2D eigenvalue weighted by Crippen LogP contribution is -2.19. The number of halogens is 2. The molecule has 98 valence electrons. The minimum Gasteiger partial charge on any atom is -0.772 e. The zero-order valence-corrected chi connectivity index (χ0v) is 11.1. The summed E-state index contributed by atoms with van der Waals surface area (Å²) in [5.41, 5.74) is 0. The quantitative estimate of drug-likeness (QED) is 0.366. The number of alkyl halides is 2. The summed E-state index contributed by atoms with van der Waals surface area (Å²) in [6.07, 6.45) is 0.767. The van der Waals surface area contributed by atoms with Crippen LogP contribution in [0.3, 0.4) is 0 Å². The average molecular weight is 294 g/mol. The summed E-state index contributed by atoms with van der Waals surface area (Å²) in [5.74, 6) is -0.241. The Bertz CT molecular complexity index is 307. The van der Waals surface area contributed by atoms with Crippen LogP contribution in [0.15, 0.2) is 0 Å². The van der Waals surface area contributed by atoms with Gasteiger partial charge >= 0.3 is 0 Å². The average Bonchev–Trinajstić information content (AvgIpc) is 2.17. The summed E-state index contributed by atoms with van der Waals surface area (Å²) >= 11 is 3.48. The molecule has 0 saturated carbocycles. The maximum atomic E-state index is 11.8. The van der Waals surface area contributed by atoms with Crippen molar-refractivity contribution in [3.05, 3.63) is 0 Å². The van der Waals surface area contributed by atoms with Gasteiger partial charge in [0.15, 0.2) is 9.84 Å². The van der Waals surface area contributed by atoms with Crippen LogP contribution in [0.1, 0.15) is 25.7 Å². The molecule has 0 bridgehead atoms. The topological polar surface area (TPSA) is 74.3 Å². The standard InChI is InChI=1S/C8H16ClFO4S2/c9-8(4-3-6-15(11)12)16(13,14)7-2-1-5-10/h8H,1-7H2,(H,11,12)/p-1. The van der Waals surface area contributed by atoms with Crippen molar-refractivity contribution in [2.24, 2.45) is 0 Å². The van der Waals surface area contributed by atoms with E-state index in [0.29, 0.717) is 0 Å². The predicted molar refractivity (Wildman–Crippen MR) is 61.7 cm³/mol. The molecule has 0 aromatic rings. The molecule has 0 aliphatic heterocycles. The molecule has 2 atom stereocenters. The molecule has 0 spiro atoms. The van der Waals surface area contributed by atoms with E-state index in [4.69, 9.17) is 11.6 Å². The van der Waals surface area contributed by atoms with Crippen molar-refractivity contribution < 1.29 is 21.6 Å². The van der Waals surface area contributed by atoms with Gasteiger partial charge in [0.25, 0.3) is 0 Å². The zero-order valence-electron chi connectivity index (χ0n) is 8.73. The molecular formula is C8H15ClFO4S2-. The van der Waals surface area contributed by atoms with Crippen molar-refractivity contribution in [2.45, 2.75) is 30.4 Å². The third kappa shape index (κ3) is 7.54. The molecule has 0 aromatic carbocycles. The molecule has 0 aliphatic rings. The van der Waals surface area contributed by atoms with Gasteiger partial charge in [-0.1, -0.05) is 11.1 Å². The fourth-order valence-electron chi connectivity index (χ4n) is 1.07. The highest BCUT2D eigenvalue weighted by molar-refractivity contribution is 7.93. The van der Waals surface area contributed by atoms with E-state index in [0.717, 1.165) is 0 Å². The van der Waals surface area contributed by atoms with E-state index >= 15 is 0 Å². The number of rotatable bonds is 9. The van der Waals surface area contributed by atoms with Crippen LogP contribution in [0.5, 0.6) is 0 Å². The number of unbranched alkanes of at least 4 members (excludes halogenated alkanes) is 1. The van der Waals surface area contributed by atoms with Crippen molar-refractivity contribution in [3.8, 4) is 0 Å². The summed E-state index contributed by atoms with van der Waals surface area (Å²) in [6, 6.07) is 0. The number of sulfone groups is 1. The van der Waals surface area contributed by atoms with Crippen molar-refractivity contribution >= 4 is 32.5 Å². The molecule has 0 aliphatic carbocycles. The Balaban J connectivity index is 3.94. The van der Waals surface area contributed by atoms with Gasteiger partial charge in [-0.3, -0.25) is 8.60 Å². The first-order valence-corrected chi connectivity index (χ1v) is 8.27. The summed E-state index contributed by atoms with van der Waals surface area (Å²) in [6.45, 7) is -0.544. The van der Waals surface area contributed by atoms with Crippen molar-refractivity contribution in [2.75, 3.05) is 18.2 Å². The molecule has 16 heavy (non-hydrogen) atoms. The maximum Gasteiger partial charge on any atom is 0.167 e. The fraction of sp³-hybridized carbons (Fsp3) is 1.00. The Hall–Kier alpha value is 0.280. The molecular weight excluding hydrogens is 279 g/mol. The highest BCUT2D eigenvalue weighted by atomic mass is 35.5. The first-order chi connectivity index (χ1) is 7.40. The van der Waals surface area contributed by atoms with Crippen LogP contribution in [-0.2, 0) is 20.9 Å². The highest BCUT2D eigenvalue weighted by Gasteiger charge is 2.21. The molecule has 2 unspecified atom stereocenters. The van der Waals surface area contributed by atoms with Crippen LogP contribution in [0, 0.1) is 0 Å². The predicted octanol–water partition coefficient (Wildman–Crippen LogP) is 1.38. The smallest absolute Gasteiger partial charge is 0.167 e. The van der Waals surface area contributed by atoms with Crippen molar-refractivity contribution in [3.63, 3.8) is 0 Å². The molecule has 0 N–H and O–H groups in total. The zero-order chi connectivity index (χ0) is 12.6. The minimum absolute atomic E-state index is 0.0940. The Morgan fingerprint density at radius 3 is 2.44 bits per heavy atom. The molecule has 4 nitrogen and oxygen atoms in total. The monoisotopic (exact) mass is 293 g/mol. The third-order valence-electron chi connectivity index (χ3n) is 1.94. The van der Waals surface area contributed by atoms with Gasteiger partial charge in [-0.2, -0.15) is 0 Å². The lowest BCUT2D eigenvalue weighted by Gasteiger charge is -2.11. The Morgan fingerprint density at radius 1 is 1.31 bits per heavy atom. The second-order valence-electron chi connectivity index (χ2n) is 3.32. The van der Waals surface area contributed by atoms with Crippen molar-refractivity contribution in [1.82, 2.24) is 0 Å². The Morgan fingerprint density at radius 2 is 1.94 bits per heavy atom. The van der Waals surface area contributed by atoms with E-state index in [-0.39, 0.29) is 37.2 Å². The largest absolute Gasteiger partial charge is 0.772 e. The van der Waals surface area contributed by atoms with Crippen LogP contribution in [0.4, 0.5) is 4.39 Å². The van der Waals surface area contributed by atoms with E-state index in [1.165, 1.54) is 0 Å². The highest BCUT2D eigenvalue weighted by Crippen LogP contribution is 2.16. The third-order valence-corrected chi connectivity index (χ3v) is 5.47. The molecule has 0 fully saturated rings.